The van der Waals surface area contributed by atoms with Gasteiger partial charge >= 0.3 is 0 Å². The second kappa shape index (κ2) is 9.81. The van der Waals surface area contributed by atoms with E-state index in [2.05, 4.69) is 27.1 Å². The zero-order valence-electron chi connectivity index (χ0n) is 20.0. The number of hydrogen-bond donors (Lipinski definition) is 2. The fourth-order valence-corrected chi connectivity index (χ4v) is 5.62. The van der Waals surface area contributed by atoms with Gasteiger partial charge in [-0.2, -0.15) is 9.61 Å². The average molecular weight is 488 g/mol. The fraction of sp³-hybridized carbons (Fsp3) is 0.280. The first-order valence-electron chi connectivity index (χ1n) is 11.9. The van der Waals surface area contributed by atoms with E-state index in [0.717, 1.165) is 53.3 Å². The van der Waals surface area contributed by atoms with E-state index in [4.69, 9.17) is 4.98 Å². The van der Waals surface area contributed by atoms with Crippen LogP contribution >= 0.6 is 0 Å². The summed E-state index contributed by atoms with van der Waals surface area (Å²) in [7, 11) is 0.519. The molecule has 180 valence electrons. The van der Waals surface area contributed by atoms with Crippen molar-refractivity contribution in [2.75, 3.05) is 25.5 Å². The quantitative estimate of drug-likeness (QED) is 0.370. The molecule has 3 heterocycles. The van der Waals surface area contributed by atoms with Crippen LogP contribution in [0.1, 0.15) is 19.3 Å². The SMILES string of the molecule is Bc1cnn2c(Nc3ccc(S(=O)(=O)NCCC4CCCN4C)cc3)cc(-c3ccccc3)nc12. The van der Waals surface area contributed by atoms with Crippen molar-refractivity contribution in [2.45, 2.75) is 30.2 Å². The van der Waals surface area contributed by atoms with E-state index in [1.807, 2.05) is 44.2 Å². The summed E-state index contributed by atoms with van der Waals surface area (Å²) in [6.45, 7) is 1.52. The van der Waals surface area contributed by atoms with Gasteiger partial charge in [-0.1, -0.05) is 30.3 Å². The molecule has 8 nitrogen and oxygen atoms in total. The second-order valence-corrected chi connectivity index (χ2v) is 10.8. The molecule has 35 heavy (non-hydrogen) atoms. The van der Waals surface area contributed by atoms with Crippen LogP contribution in [0.5, 0.6) is 0 Å². The zero-order valence-corrected chi connectivity index (χ0v) is 20.8. The number of anilines is 2. The first-order chi connectivity index (χ1) is 16.9. The van der Waals surface area contributed by atoms with Crippen LogP contribution < -0.4 is 15.5 Å². The monoisotopic (exact) mass is 488 g/mol. The van der Waals surface area contributed by atoms with Crippen molar-refractivity contribution < 1.29 is 8.42 Å². The van der Waals surface area contributed by atoms with Gasteiger partial charge in [-0.3, -0.25) is 0 Å². The summed E-state index contributed by atoms with van der Waals surface area (Å²) < 4.78 is 30.0. The van der Waals surface area contributed by atoms with Gasteiger partial charge in [-0.05, 0) is 62.6 Å². The first-order valence-corrected chi connectivity index (χ1v) is 13.4. The molecule has 0 spiro atoms. The summed E-state index contributed by atoms with van der Waals surface area (Å²) in [6.07, 6.45) is 4.91. The molecule has 0 saturated carbocycles. The number of likely N-dealkylation sites (tertiary alicyclic amines) is 1. The van der Waals surface area contributed by atoms with E-state index >= 15 is 0 Å². The molecule has 10 heteroatoms. The molecule has 1 atom stereocenters. The Morgan fingerprint density at radius 3 is 2.60 bits per heavy atom. The van der Waals surface area contributed by atoms with Crippen LogP contribution in [-0.2, 0) is 10.0 Å². The van der Waals surface area contributed by atoms with E-state index in [9.17, 15) is 8.42 Å². The molecule has 0 bridgehead atoms. The lowest BCUT2D eigenvalue weighted by Crippen LogP contribution is -2.31. The molecule has 4 aromatic rings. The maximum atomic E-state index is 12.8. The molecule has 1 fully saturated rings. The third-order valence-corrected chi connectivity index (χ3v) is 8.07. The van der Waals surface area contributed by atoms with Crippen molar-refractivity contribution in [3.63, 3.8) is 0 Å². The van der Waals surface area contributed by atoms with Gasteiger partial charge < -0.3 is 10.2 Å². The van der Waals surface area contributed by atoms with Gasteiger partial charge in [0.1, 0.15) is 13.7 Å². The molecule has 2 aromatic heterocycles. The largest absolute Gasteiger partial charge is 0.340 e. The van der Waals surface area contributed by atoms with Gasteiger partial charge in [-0.25, -0.2) is 18.1 Å². The Hall–Kier alpha value is -3.21. The van der Waals surface area contributed by atoms with Crippen molar-refractivity contribution in [2.24, 2.45) is 0 Å². The van der Waals surface area contributed by atoms with Crippen molar-refractivity contribution >= 4 is 40.5 Å². The Bertz CT molecular complexity index is 1420. The van der Waals surface area contributed by atoms with Crippen LogP contribution in [0, 0.1) is 0 Å². The molecular formula is C25H29BN6O2S. The van der Waals surface area contributed by atoms with Gasteiger partial charge in [0.05, 0.1) is 10.6 Å². The lowest BCUT2D eigenvalue weighted by molar-refractivity contribution is 0.297. The number of rotatable bonds is 8. The highest BCUT2D eigenvalue weighted by Gasteiger charge is 2.21. The van der Waals surface area contributed by atoms with Crippen molar-refractivity contribution in [3.8, 4) is 11.3 Å². The predicted octanol–water partition coefficient (Wildman–Crippen LogP) is 2.16. The van der Waals surface area contributed by atoms with E-state index < -0.39 is 10.0 Å². The Kier molecular flexibility index (Phi) is 6.59. The van der Waals surface area contributed by atoms with Gasteiger partial charge in [0.2, 0.25) is 10.0 Å². The summed E-state index contributed by atoms with van der Waals surface area (Å²) in [5.41, 5.74) is 4.35. The normalized spacial score (nSPS) is 16.7. The molecule has 2 aromatic carbocycles. The average Bonchev–Trinajstić information content (AvgIpc) is 3.45. The zero-order chi connectivity index (χ0) is 24.4. The Morgan fingerprint density at radius 1 is 1.11 bits per heavy atom. The van der Waals surface area contributed by atoms with Gasteiger partial charge in [0.15, 0.2) is 5.65 Å². The van der Waals surface area contributed by atoms with Gasteiger partial charge in [0.25, 0.3) is 0 Å². The fourth-order valence-electron chi connectivity index (χ4n) is 4.57. The number of nitrogens with zero attached hydrogens (tertiary/aromatic N) is 4. The number of fused-ring (bicyclic) bond motifs is 1. The molecule has 1 aliphatic rings. The molecule has 1 unspecified atom stereocenters. The lowest BCUT2D eigenvalue weighted by Gasteiger charge is -2.19. The number of nitrogens with one attached hydrogen (secondary N) is 2. The van der Waals surface area contributed by atoms with Gasteiger partial charge in [-0.15, -0.1) is 0 Å². The Balaban J connectivity index is 1.33. The predicted molar refractivity (Wildman–Crippen MR) is 142 cm³/mol. The number of sulfonamides is 1. The minimum atomic E-state index is -3.56. The molecule has 2 N–H and O–H groups in total. The van der Waals surface area contributed by atoms with Crippen molar-refractivity contribution in [1.29, 1.82) is 0 Å². The first kappa shape index (κ1) is 23.5. The Labute approximate surface area is 206 Å². The molecule has 1 aliphatic heterocycles. The van der Waals surface area contributed by atoms with E-state index in [-0.39, 0.29) is 4.90 Å². The van der Waals surface area contributed by atoms with Crippen LogP contribution in [0.3, 0.4) is 0 Å². The van der Waals surface area contributed by atoms with Crippen LogP contribution in [0.15, 0.2) is 71.8 Å². The van der Waals surface area contributed by atoms with Crippen LogP contribution in [0.2, 0.25) is 0 Å². The molecular weight excluding hydrogens is 459 g/mol. The third kappa shape index (κ3) is 5.09. The minimum absolute atomic E-state index is 0.252. The minimum Gasteiger partial charge on any atom is -0.340 e. The van der Waals surface area contributed by atoms with Gasteiger partial charge in [0, 0.05) is 36.1 Å². The summed E-state index contributed by atoms with van der Waals surface area (Å²) >= 11 is 0. The molecule has 5 rings (SSSR count). The number of hydrogen-bond acceptors (Lipinski definition) is 6. The summed E-state index contributed by atoms with van der Waals surface area (Å²) in [5, 5.41) is 7.83. The molecule has 0 amide bonds. The van der Waals surface area contributed by atoms with Crippen molar-refractivity contribution in [1.82, 2.24) is 24.2 Å². The topological polar surface area (TPSA) is 91.6 Å². The van der Waals surface area contributed by atoms with Crippen LogP contribution in [0.4, 0.5) is 11.5 Å². The van der Waals surface area contributed by atoms with E-state index in [1.165, 1.54) is 6.42 Å². The molecule has 1 saturated heterocycles. The Morgan fingerprint density at radius 2 is 1.89 bits per heavy atom. The molecule has 0 radical (unpaired) electrons. The highest BCUT2D eigenvalue weighted by molar-refractivity contribution is 7.89. The van der Waals surface area contributed by atoms with Crippen LogP contribution in [0.25, 0.3) is 16.9 Å². The standard InChI is InChI=1S/C25H29BN6O2S/c1-31-15-5-8-20(31)13-14-28-35(33,34)21-11-9-19(10-12-21)29-24-16-23(18-6-3-2-4-7-18)30-25-22(26)17-27-32(24)25/h2-4,6-7,9-12,16-17,20,28-29H,5,8,13-15,26H2,1H3. The number of aromatic nitrogens is 3. The highest BCUT2D eigenvalue weighted by atomic mass is 32.2. The molecule has 0 aliphatic carbocycles. The van der Waals surface area contributed by atoms with E-state index in [0.29, 0.717) is 12.6 Å². The highest BCUT2D eigenvalue weighted by Crippen LogP contribution is 2.25. The van der Waals surface area contributed by atoms with E-state index in [1.54, 1.807) is 35.0 Å². The maximum absolute atomic E-state index is 12.8. The van der Waals surface area contributed by atoms with Crippen LogP contribution in [-0.4, -0.2) is 61.9 Å². The second-order valence-electron chi connectivity index (χ2n) is 9.07. The number of benzene rings is 2. The summed E-state index contributed by atoms with van der Waals surface area (Å²) in [4.78, 5) is 7.34. The summed E-state index contributed by atoms with van der Waals surface area (Å²) in [6, 6.07) is 19.2. The summed E-state index contributed by atoms with van der Waals surface area (Å²) in [5.74, 6) is 0.747. The third-order valence-electron chi connectivity index (χ3n) is 6.60. The maximum Gasteiger partial charge on any atom is 0.240 e. The van der Waals surface area contributed by atoms with Crippen molar-refractivity contribution in [3.05, 3.63) is 66.9 Å². The smallest absolute Gasteiger partial charge is 0.240 e. The lowest BCUT2D eigenvalue weighted by atomic mass is 10.0.